The minimum absolute atomic E-state index is 0.246. The van der Waals surface area contributed by atoms with Gasteiger partial charge in [0, 0.05) is 6.20 Å². The Morgan fingerprint density at radius 1 is 1.43 bits per heavy atom. The average Bonchev–Trinajstić information content (AvgIpc) is 3.11. The molecule has 0 aliphatic heterocycles. The number of carbonyl (C=O) groups is 1. The number of fused-ring (bicyclic) bond motifs is 1. The summed E-state index contributed by atoms with van der Waals surface area (Å²) in [5.41, 5.74) is 6.56. The largest absolute Gasteiger partial charge is 0.320 e. The van der Waals surface area contributed by atoms with Crippen LogP contribution in [0.5, 0.6) is 0 Å². The van der Waals surface area contributed by atoms with E-state index in [4.69, 9.17) is 5.73 Å². The monoisotopic (exact) mass is 297 g/mol. The van der Waals surface area contributed by atoms with E-state index in [1.54, 1.807) is 16.9 Å². The summed E-state index contributed by atoms with van der Waals surface area (Å²) >= 11 is 1.30. The highest BCUT2D eigenvalue weighted by molar-refractivity contribution is 7.16. The van der Waals surface area contributed by atoms with Crippen molar-refractivity contribution in [2.75, 3.05) is 11.9 Å². The molecule has 3 aromatic heterocycles. The number of amides is 1. The van der Waals surface area contributed by atoms with Crippen molar-refractivity contribution in [3.8, 4) is 11.8 Å². The second-order valence-electron chi connectivity index (χ2n) is 4.08. The quantitative estimate of drug-likeness (QED) is 0.699. The highest BCUT2D eigenvalue weighted by Gasteiger charge is 2.13. The summed E-state index contributed by atoms with van der Waals surface area (Å²) in [5, 5.41) is 7.38. The topological polar surface area (TPSA) is 85.3 Å². The van der Waals surface area contributed by atoms with Gasteiger partial charge in [0.1, 0.15) is 0 Å². The van der Waals surface area contributed by atoms with Gasteiger partial charge in [-0.2, -0.15) is 5.10 Å². The van der Waals surface area contributed by atoms with Crippen molar-refractivity contribution >= 4 is 27.9 Å². The molecule has 0 aliphatic carbocycles. The van der Waals surface area contributed by atoms with Gasteiger partial charge in [-0.1, -0.05) is 29.2 Å². The van der Waals surface area contributed by atoms with Crippen molar-refractivity contribution in [1.29, 1.82) is 0 Å². The summed E-state index contributed by atoms with van der Waals surface area (Å²) in [4.78, 5) is 17.1. The molecular weight excluding hydrogens is 286 g/mol. The van der Waals surface area contributed by atoms with Gasteiger partial charge < -0.3 is 5.73 Å². The first kappa shape index (κ1) is 13.3. The number of rotatable bonds is 2. The molecule has 3 aromatic rings. The molecule has 0 atom stereocenters. The molecule has 7 heteroatoms. The Bertz CT molecular complexity index is 855. The standard InChI is InChI=1S/C14H11N5OS/c15-6-3-4-10-8-16-14(21-10)18-13(20)11-9-17-19-7-2-1-5-12(11)19/h1-2,5,7-9H,6,15H2,(H,16,18,20). The van der Waals surface area contributed by atoms with Gasteiger partial charge >= 0.3 is 0 Å². The third-order valence-corrected chi connectivity index (χ3v) is 3.54. The van der Waals surface area contributed by atoms with Gasteiger partial charge in [0.15, 0.2) is 5.13 Å². The van der Waals surface area contributed by atoms with Gasteiger partial charge in [0.25, 0.3) is 5.91 Å². The van der Waals surface area contributed by atoms with Crippen molar-refractivity contribution < 1.29 is 4.79 Å². The van der Waals surface area contributed by atoms with E-state index in [0.717, 1.165) is 10.4 Å². The van der Waals surface area contributed by atoms with E-state index >= 15 is 0 Å². The summed E-state index contributed by atoms with van der Waals surface area (Å²) in [6, 6.07) is 5.55. The van der Waals surface area contributed by atoms with Crippen LogP contribution in [-0.4, -0.2) is 27.0 Å². The molecule has 0 radical (unpaired) electrons. The van der Waals surface area contributed by atoms with Gasteiger partial charge in [0.2, 0.25) is 0 Å². The normalized spacial score (nSPS) is 10.1. The van der Waals surface area contributed by atoms with Crippen molar-refractivity contribution in [3.63, 3.8) is 0 Å². The van der Waals surface area contributed by atoms with E-state index in [0.29, 0.717) is 17.2 Å². The zero-order chi connectivity index (χ0) is 14.7. The van der Waals surface area contributed by atoms with E-state index in [-0.39, 0.29) is 5.91 Å². The summed E-state index contributed by atoms with van der Waals surface area (Å²) in [7, 11) is 0. The Hall–Kier alpha value is -2.69. The molecule has 1 amide bonds. The molecule has 3 rings (SSSR count). The summed E-state index contributed by atoms with van der Waals surface area (Å²) in [6.45, 7) is 0.294. The van der Waals surface area contributed by atoms with Crippen LogP contribution >= 0.6 is 11.3 Å². The van der Waals surface area contributed by atoms with Gasteiger partial charge in [0.05, 0.1) is 34.9 Å². The predicted octanol–water partition coefficient (Wildman–Crippen LogP) is 1.35. The molecule has 0 fully saturated rings. The molecule has 0 saturated carbocycles. The molecule has 6 nitrogen and oxygen atoms in total. The van der Waals surface area contributed by atoms with Gasteiger partial charge in [-0.3, -0.25) is 10.1 Å². The molecule has 0 aromatic carbocycles. The molecule has 3 N–H and O–H groups in total. The number of hydrogen-bond donors (Lipinski definition) is 2. The van der Waals surface area contributed by atoms with Crippen LogP contribution in [0.25, 0.3) is 5.52 Å². The summed E-state index contributed by atoms with van der Waals surface area (Å²) in [5.74, 6) is 5.37. The predicted molar refractivity (Wildman–Crippen MR) is 81.2 cm³/mol. The number of carbonyl (C=O) groups excluding carboxylic acids is 1. The first-order valence-corrected chi connectivity index (χ1v) is 6.98. The van der Waals surface area contributed by atoms with Crippen molar-refractivity contribution in [1.82, 2.24) is 14.6 Å². The minimum atomic E-state index is -0.246. The lowest BCUT2D eigenvalue weighted by molar-refractivity contribution is 0.102. The number of nitrogens with two attached hydrogens (primary N) is 1. The maximum absolute atomic E-state index is 12.3. The lowest BCUT2D eigenvalue weighted by atomic mass is 10.2. The highest BCUT2D eigenvalue weighted by atomic mass is 32.1. The van der Waals surface area contributed by atoms with E-state index < -0.39 is 0 Å². The second-order valence-corrected chi connectivity index (χ2v) is 5.11. The Morgan fingerprint density at radius 3 is 3.19 bits per heavy atom. The van der Waals surface area contributed by atoms with E-state index in [2.05, 4.69) is 27.2 Å². The summed E-state index contributed by atoms with van der Waals surface area (Å²) in [6.07, 6.45) is 4.93. The first-order valence-electron chi connectivity index (χ1n) is 6.16. The van der Waals surface area contributed by atoms with E-state index in [1.165, 1.54) is 17.5 Å². The third-order valence-electron chi connectivity index (χ3n) is 2.71. The molecule has 104 valence electrons. The van der Waals surface area contributed by atoms with Crippen LogP contribution in [0.15, 0.2) is 36.8 Å². The Balaban J connectivity index is 1.81. The van der Waals surface area contributed by atoms with Gasteiger partial charge in [-0.05, 0) is 12.1 Å². The third kappa shape index (κ3) is 2.76. The van der Waals surface area contributed by atoms with Gasteiger partial charge in [-0.15, -0.1) is 0 Å². The van der Waals surface area contributed by atoms with Crippen LogP contribution in [0, 0.1) is 11.8 Å². The van der Waals surface area contributed by atoms with Crippen LogP contribution in [0.4, 0.5) is 5.13 Å². The maximum Gasteiger partial charge on any atom is 0.261 e. The van der Waals surface area contributed by atoms with Crippen molar-refractivity contribution in [3.05, 3.63) is 47.2 Å². The van der Waals surface area contributed by atoms with Crippen molar-refractivity contribution in [2.45, 2.75) is 0 Å². The molecule has 0 spiro atoms. The smallest absolute Gasteiger partial charge is 0.261 e. The zero-order valence-corrected chi connectivity index (χ0v) is 11.7. The average molecular weight is 297 g/mol. The fourth-order valence-electron chi connectivity index (χ4n) is 1.80. The molecule has 3 heterocycles. The Labute approximate surface area is 124 Å². The van der Waals surface area contributed by atoms with Gasteiger partial charge in [-0.25, -0.2) is 9.50 Å². The Morgan fingerprint density at radius 2 is 2.33 bits per heavy atom. The van der Waals surface area contributed by atoms with Crippen LogP contribution < -0.4 is 11.1 Å². The second kappa shape index (κ2) is 5.75. The lowest BCUT2D eigenvalue weighted by Crippen LogP contribution is -2.11. The fourth-order valence-corrected chi connectivity index (χ4v) is 2.49. The number of anilines is 1. The molecule has 0 unspecified atom stereocenters. The maximum atomic E-state index is 12.3. The highest BCUT2D eigenvalue weighted by Crippen LogP contribution is 2.19. The number of hydrogen-bond acceptors (Lipinski definition) is 5. The van der Waals surface area contributed by atoms with Crippen LogP contribution in [-0.2, 0) is 0 Å². The zero-order valence-electron chi connectivity index (χ0n) is 10.9. The summed E-state index contributed by atoms with van der Waals surface area (Å²) < 4.78 is 1.65. The SMILES string of the molecule is NCC#Cc1cnc(NC(=O)c2cnn3ccccc23)s1. The Kier molecular flexibility index (Phi) is 3.64. The van der Waals surface area contributed by atoms with E-state index in [1.807, 2.05) is 18.2 Å². The van der Waals surface area contributed by atoms with Crippen LogP contribution in [0.2, 0.25) is 0 Å². The number of nitrogens with zero attached hydrogens (tertiary/aromatic N) is 3. The lowest BCUT2D eigenvalue weighted by Gasteiger charge is -1.99. The van der Waals surface area contributed by atoms with Crippen LogP contribution in [0.1, 0.15) is 15.2 Å². The van der Waals surface area contributed by atoms with Crippen molar-refractivity contribution in [2.24, 2.45) is 5.73 Å². The first-order chi connectivity index (χ1) is 10.3. The fraction of sp³-hybridized carbons (Fsp3) is 0.0714. The van der Waals surface area contributed by atoms with Crippen LogP contribution in [0.3, 0.4) is 0 Å². The molecule has 0 aliphatic rings. The number of pyridine rings is 1. The minimum Gasteiger partial charge on any atom is -0.320 e. The molecule has 0 saturated heterocycles. The molecule has 21 heavy (non-hydrogen) atoms. The number of nitrogens with one attached hydrogen (secondary N) is 1. The molecular formula is C14H11N5OS. The number of aromatic nitrogens is 3. The number of thiazole rings is 1. The molecule has 0 bridgehead atoms. The van der Waals surface area contributed by atoms with E-state index in [9.17, 15) is 4.79 Å².